The van der Waals surface area contributed by atoms with Crippen LogP contribution in [0.25, 0.3) is 0 Å². The number of nitrogens with zero attached hydrogens (tertiary/aromatic N) is 2. The lowest BCUT2D eigenvalue weighted by Gasteiger charge is -2.40. The van der Waals surface area contributed by atoms with E-state index in [2.05, 4.69) is 34.4 Å². The fraction of sp³-hybridized carbons (Fsp3) is 0.938. The zero-order valence-corrected chi connectivity index (χ0v) is 16.8. The number of nitrogens with one attached hydrogen (secondary N) is 2. The van der Waals surface area contributed by atoms with Gasteiger partial charge >= 0.3 is 0 Å². The SMILES string of the molecule is CCNC(=NCC(C)(C)N1CCOCC1)NCC(C)(C)S(C)(=O)=O. The Morgan fingerprint density at radius 1 is 1.17 bits per heavy atom. The molecule has 1 heterocycles. The second kappa shape index (κ2) is 8.49. The van der Waals surface area contributed by atoms with E-state index < -0.39 is 14.6 Å². The van der Waals surface area contributed by atoms with E-state index in [1.807, 2.05) is 6.92 Å². The first-order valence-electron chi connectivity index (χ1n) is 8.54. The number of hydrogen-bond donors (Lipinski definition) is 2. The van der Waals surface area contributed by atoms with E-state index in [0.717, 1.165) is 32.8 Å². The van der Waals surface area contributed by atoms with E-state index in [9.17, 15) is 8.42 Å². The lowest BCUT2D eigenvalue weighted by atomic mass is 10.0. The van der Waals surface area contributed by atoms with Crippen molar-refractivity contribution in [2.75, 3.05) is 52.2 Å². The lowest BCUT2D eigenvalue weighted by Crippen LogP contribution is -2.52. The Kier molecular flexibility index (Phi) is 7.49. The molecule has 2 N–H and O–H groups in total. The van der Waals surface area contributed by atoms with Crippen LogP contribution in [0, 0.1) is 0 Å². The van der Waals surface area contributed by atoms with Gasteiger partial charge < -0.3 is 15.4 Å². The summed E-state index contributed by atoms with van der Waals surface area (Å²) in [6.07, 6.45) is 1.26. The standard InChI is InChI=1S/C16H34N4O3S/c1-7-17-14(19-13-16(4,5)24(6,21)22)18-12-15(2,3)20-8-10-23-11-9-20/h7-13H2,1-6H3,(H2,17,18,19). The fourth-order valence-corrected chi connectivity index (χ4v) is 2.64. The number of rotatable bonds is 7. The molecule has 8 heteroatoms. The summed E-state index contributed by atoms with van der Waals surface area (Å²) in [7, 11) is -3.14. The van der Waals surface area contributed by atoms with E-state index in [-0.39, 0.29) is 5.54 Å². The Hall–Kier alpha value is -0.860. The minimum Gasteiger partial charge on any atom is -0.379 e. The van der Waals surface area contributed by atoms with Gasteiger partial charge in [-0.2, -0.15) is 0 Å². The summed E-state index contributed by atoms with van der Waals surface area (Å²) in [6.45, 7) is 14.8. The highest BCUT2D eigenvalue weighted by Gasteiger charge is 2.31. The zero-order valence-electron chi connectivity index (χ0n) is 16.0. The van der Waals surface area contributed by atoms with Crippen molar-refractivity contribution in [3.63, 3.8) is 0 Å². The van der Waals surface area contributed by atoms with Crippen LogP contribution in [0.2, 0.25) is 0 Å². The third-order valence-corrected chi connectivity index (χ3v) is 6.67. The molecule has 24 heavy (non-hydrogen) atoms. The molecule has 0 spiro atoms. The van der Waals surface area contributed by atoms with E-state index in [4.69, 9.17) is 4.74 Å². The topological polar surface area (TPSA) is 83.0 Å². The predicted octanol–water partition coefficient (Wildman–Crippen LogP) is 0.476. The minimum atomic E-state index is -3.14. The largest absolute Gasteiger partial charge is 0.379 e. The molecule has 0 radical (unpaired) electrons. The van der Waals surface area contributed by atoms with Crippen LogP contribution < -0.4 is 10.6 Å². The quantitative estimate of drug-likeness (QED) is 0.506. The van der Waals surface area contributed by atoms with Gasteiger partial charge in [0.25, 0.3) is 0 Å². The molecule has 1 aliphatic rings. The molecule has 0 amide bonds. The van der Waals surface area contributed by atoms with Gasteiger partial charge in [-0.25, -0.2) is 8.42 Å². The van der Waals surface area contributed by atoms with Crippen LogP contribution in [-0.2, 0) is 14.6 Å². The van der Waals surface area contributed by atoms with Crippen LogP contribution in [0.1, 0.15) is 34.6 Å². The fourth-order valence-electron chi connectivity index (χ4n) is 2.31. The molecule has 0 aromatic rings. The smallest absolute Gasteiger partial charge is 0.191 e. The van der Waals surface area contributed by atoms with Gasteiger partial charge in [-0.3, -0.25) is 9.89 Å². The summed E-state index contributed by atoms with van der Waals surface area (Å²) in [4.78, 5) is 7.04. The van der Waals surface area contributed by atoms with Crippen LogP contribution in [-0.4, -0.2) is 81.8 Å². The monoisotopic (exact) mass is 362 g/mol. The van der Waals surface area contributed by atoms with E-state index >= 15 is 0 Å². The Labute approximate surface area is 147 Å². The van der Waals surface area contributed by atoms with Crippen molar-refractivity contribution in [1.29, 1.82) is 0 Å². The highest BCUT2D eigenvalue weighted by Crippen LogP contribution is 2.17. The second-order valence-corrected chi connectivity index (χ2v) is 10.1. The summed E-state index contributed by atoms with van der Waals surface area (Å²) in [5, 5.41) is 6.34. The first-order valence-corrected chi connectivity index (χ1v) is 10.4. The van der Waals surface area contributed by atoms with Crippen molar-refractivity contribution >= 4 is 15.8 Å². The Morgan fingerprint density at radius 3 is 2.25 bits per heavy atom. The maximum atomic E-state index is 11.8. The van der Waals surface area contributed by atoms with Gasteiger partial charge in [-0.1, -0.05) is 0 Å². The Morgan fingerprint density at radius 2 is 1.75 bits per heavy atom. The molecule has 142 valence electrons. The van der Waals surface area contributed by atoms with Gasteiger partial charge in [0.05, 0.1) is 24.5 Å². The number of ether oxygens (including phenoxy) is 1. The molecular formula is C16H34N4O3S. The van der Waals surface area contributed by atoms with E-state index in [0.29, 0.717) is 19.0 Å². The van der Waals surface area contributed by atoms with Crippen molar-refractivity contribution < 1.29 is 13.2 Å². The molecule has 0 aromatic heterocycles. The predicted molar refractivity (Wildman–Crippen MR) is 99.4 cm³/mol. The maximum absolute atomic E-state index is 11.8. The average Bonchev–Trinajstić information content (AvgIpc) is 2.50. The number of aliphatic imine (C=N–C) groups is 1. The minimum absolute atomic E-state index is 0.0710. The average molecular weight is 363 g/mol. The van der Waals surface area contributed by atoms with Crippen LogP contribution >= 0.6 is 0 Å². The normalized spacial score (nSPS) is 18.5. The number of sulfone groups is 1. The molecule has 0 aliphatic carbocycles. The molecular weight excluding hydrogens is 328 g/mol. The molecule has 0 aromatic carbocycles. The first-order chi connectivity index (χ1) is 11.0. The number of hydrogen-bond acceptors (Lipinski definition) is 5. The third kappa shape index (κ3) is 6.22. The van der Waals surface area contributed by atoms with Crippen LogP contribution in [0.4, 0.5) is 0 Å². The summed E-state index contributed by atoms with van der Waals surface area (Å²) in [5.74, 6) is 0.649. The number of morpholine rings is 1. The lowest BCUT2D eigenvalue weighted by molar-refractivity contribution is -0.00683. The molecule has 1 aliphatic heterocycles. The maximum Gasteiger partial charge on any atom is 0.191 e. The summed E-state index contributed by atoms with van der Waals surface area (Å²) < 4.78 is 28.2. The van der Waals surface area contributed by atoms with Crippen molar-refractivity contribution in [3.8, 4) is 0 Å². The van der Waals surface area contributed by atoms with Crippen molar-refractivity contribution in [2.24, 2.45) is 4.99 Å². The Balaban J connectivity index is 2.71. The highest BCUT2D eigenvalue weighted by atomic mass is 32.2. The molecule has 0 saturated carbocycles. The summed E-state index contributed by atoms with van der Waals surface area (Å²) >= 11 is 0. The van der Waals surface area contributed by atoms with Gasteiger partial charge in [-0.05, 0) is 34.6 Å². The Bertz CT molecular complexity index is 523. The zero-order chi connectivity index (χ0) is 18.4. The highest BCUT2D eigenvalue weighted by molar-refractivity contribution is 7.92. The van der Waals surface area contributed by atoms with Gasteiger partial charge in [0, 0.05) is 38.0 Å². The molecule has 7 nitrogen and oxygen atoms in total. The molecule has 0 unspecified atom stereocenters. The van der Waals surface area contributed by atoms with Crippen molar-refractivity contribution in [1.82, 2.24) is 15.5 Å². The molecule has 1 rings (SSSR count). The molecule has 1 fully saturated rings. The third-order valence-electron chi connectivity index (χ3n) is 4.52. The van der Waals surface area contributed by atoms with E-state index in [1.54, 1.807) is 13.8 Å². The first kappa shape index (κ1) is 21.2. The molecule has 0 bridgehead atoms. The van der Waals surface area contributed by atoms with Crippen LogP contribution in [0.3, 0.4) is 0 Å². The van der Waals surface area contributed by atoms with Crippen LogP contribution in [0.5, 0.6) is 0 Å². The molecule has 0 atom stereocenters. The van der Waals surface area contributed by atoms with Gasteiger partial charge in [0.2, 0.25) is 0 Å². The number of guanidine groups is 1. The van der Waals surface area contributed by atoms with Crippen molar-refractivity contribution in [3.05, 3.63) is 0 Å². The summed E-state index contributed by atoms with van der Waals surface area (Å²) in [6, 6.07) is 0. The van der Waals surface area contributed by atoms with Gasteiger partial charge in [0.1, 0.15) is 0 Å². The van der Waals surface area contributed by atoms with E-state index in [1.165, 1.54) is 6.26 Å². The second-order valence-electron chi connectivity index (χ2n) is 7.49. The van der Waals surface area contributed by atoms with Gasteiger partial charge in [-0.15, -0.1) is 0 Å². The summed E-state index contributed by atoms with van der Waals surface area (Å²) in [5.41, 5.74) is -0.0710. The van der Waals surface area contributed by atoms with Gasteiger partial charge in [0.15, 0.2) is 15.8 Å². The molecule has 1 saturated heterocycles. The van der Waals surface area contributed by atoms with Crippen molar-refractivity contribution in [2.45, 2.75) is 44.9 Å². The van der Waals surface area contributed by atoms with Crippen LogP contribution in [0.15, 0.2) is 4.99 Å².